The molecular weight excluding hydrogens is 667 g/mol. The first kappa shape index (κ1) is 29.8. The lowest BCUT2D eigenvalue weighted by molar-refractivity contribution is 0.669. The standard InChI is InChI=1S/C48H33NOSSi/c1-52(2)44-27-25-33(29-39(44)47-45(52)28-26-37-36-14-6-8-20-43(36)51-48(37)47)49(40-17-10-19-42-46(40)38-15-5-7-18-41(38)50-42)32-23-21-31(22-24-32)35-16-9-12-30-11-3-4-13-34(30)35/h3-29H,1-2H3. The molecule has 52 heavy (non-hydrogen) atoms. The van der Waals surface area contributed by atoms with Crippen molar-refractivity contribution in [1.82, 2.24) is 0 Å². The zero-order valence-electron chi connectivity index (χ0n) is 28.9. The third-order valence-corrected chi connectivity index (χ3v) is 16.0. The van der Waals surface area contributed by atoms with Crippen molar-refractivity contribution in [2.24, 2.45) is 0 Å². The fraction of sp³-hybridized carbons (Fsp3) is 0.0417. The van der Waals surface area contributed by atoms with E-state index >= 15 is 0 Å². The highest BCUT2D eigenvalue weighted by molar-refractivity contribution is 7.26. The molecule has 10 aromatic rings. The highest BCUT2D eigenvalue weighted by Crippen LogP contribution is 2.47. The molecule has 0 N–H and O–H groups in total. The molecule has 0 spiro atoms. The van der Waals surface area contributed by atoms with Crippen LogP contribution in [0.4, 0.5) is 17.1 Å². The first-order valence-corrected chi connectivity index (χ1v) is 21.7. The van der Waals surface area contributed by atoms with Gasteiger partial charge in [-0.15, -0.1) is 11.3 Å². The van der Waals surface area contributed by atoms with Crippen LogP contribution in [0.2, 0.25) is 13.1 Å². The lowest BCUT2D eigenvalue weighted by atomic mass is 9.98. The van der Waals surface area contributed by atoms with Gasteiger partial charge in [-0.25, -0.2) is 0 Å². The Kier molecular flexibility index (Phi) is 6.31. The summed E-state index contributed by atoms with van der Waals surface area (Å²) in [5.74, 6) is 0. The molecule has 1 aliphatic heterocycles. The highest BCUT2D eigenvalue weighted by atomic mass is 32.1. The zero-order valence-corrected chi connectivity index (χ0v) is 30.7. The van der Waals surface area contributed by atoms with E-state index in [4.69, 9.17) is 4.42 Å². The van der Waals surface area contributed by atoms with Crippen LogP contribution in [0.1, 0.15) is 0 Å². The molecule has 0 amide bonds. The molecular formula is C48H33NOSSi. The number of thiophene rings is 1. The number of anilines is 3. The van der Waals surface area contributed by atoms with Gasteiger partial charge < -0.3 is 9.32 Å². The maximum Gasteiger partial charge on any atom is 0.137 e. The fourth-order valence-electron chi connectivity index (χ4n) is 8.78. The summed E-state index contributed by atoms with van der Waals surface area (Å²) in [6.45, 7) is 5.03. The molecule has 2 nitrogen and oxygen atoms in total. The van der Waals surface area contributed by atoms with E-state index in [2.05, 4.69) is 176 Å². The molecule has 0 saturated heterocycles. The Balaban J connectivity index is 1.15. The average Bonchev–Trinajstić information content (AvgIpc) is 3.83. The Hall–Kier alpha value is -5.94. The van der Waals surface area contributed by atoms with Crippen LogP contribution in [0.3, 0.4) is 0 Å². The van der Waals surface area contributed by atoms with Crippen LogP contribution in [0.25, 0.3) is 75.1 Å². The van der Waals surface area contributed by atoms with Crippen LogP contribution in [0, 0.1) is 0 Å². The van der Waals surface area contributed by atoms with Crippen molar-refractivity contribution in [3.05, 3.63) is 164 Å². The monoisotopic (exact) mass is 699 g/mol. The molecule has 2 aromatic heterocycles. The van der Waals surface area contributed by atoms with E-state index in [-0.39, 0.29) is 0 Å². The number of furan rings is 1. The lowest BCUT2D eigenvalue weighted by Crippen LogP contribution is -2.49. The third-order valence-electron chi connectivity index (χ3n) is 11.3. The van der Waals surface area contributed by atoms with E-state index < -0.39 is 8.07 Å². The zero-order chi connectivity index (χ0) is 34.6. The van der Waals surface area contributed by atoms with E-state index in [1.54, 1.807) is 0 Å². The first-order valence-electron chi connectivity index (χ1n) is 17.9. The topological polar surface area (TPSA) is 16.4 Å². The summed E-state index contributed by atoms with van der Waals surface area (Å²) in [6, 6.07) is 60.1. The molecule has 0 radical (unpaired) electrons. The second-order valence-corrected chi connectivity index (χ2v) is 19.9. The van der Waals surface area contributed by atoms with Gasteiger partial charge in [0, 0.05) is 36.9 Å². The number of hydrogen-bond acceptors (Lipinski definition) is 3. The summed E-state index contributed by atoms with van der Waals surface area (Å²) in [7, 11) is -1.93. The molecule has 0 atom stereocenters. The minimum atomic E-state index is -1.93. The van der Waals surface area contributed by atoms with Crippen molar-refractivity contribution in [2.75, 3.05) is 4.90 Å². The van der Waals surface area contributed by atoms with Crippen molar-refractivity contribution in [3.63, 3.8) is 0 Å². The molecule has 0 fully saturated rings. The molecule has 0 aliphatic carbocycles. The van der Waals surface area contributed by atoms with E-state index in [1.165, 1.54) is 63.6 Å². The number of rotatable bonds is 4. The molecule has 0 saturated carbocycles. The van der Waals surface area contributed by atoms with E-state index in [1.807, 2.05) is 17.4 Å². The van der Waals surface area contributed by atoms with Gasteiger partial charge in [0.1, 0.15) is 19.2 Å². The fourth-order valence-corrected chi connectivity index (χ4v) is 13.2. The molecule has 4 heteroatoms. The Morgan fingerprint density at radius 3 is 2.10 bits per heavy atom. The highest BCUT2D eigenvalue weighted by Gasteiger charge is 2.39. The minimum Gasteiger partial charge on any atom is -0.456 e. The number of benzene rings is 8. The van der Waals surface area contributed by atoms with Gasteiger partial charge >= 0.3 is 0 Å². The van der Waals surface area contributed by atoms with Gasteiger partial charge in [0.05, 0.1) is 11.1 Å². The van der Waals surface area contributed by atoms with Gasteiger partial charge in [-0.05, 0) is 91.9 Å². The molecule has 3 heterocycles. The largest absolute Gasteiger partial charge is 0.456 e. The minimum absolute atomic E-state index is 0.892. The first-order chi connectivity index (χ1) is 25.5. The number of fused-ring (bicyclic) bond motifs is 11. The number of para-hydroxylation sites is 1. The summed E-state index contributed by atoms with van der Waals surface area (Å²) >= 11 is 1.94. The van der Waals surface area contributed by atoms with Crippen molar-refractivity contribution >= 4 is 99.7 Å². The van der Waals surface area contributed by atoms with E-state index in [0.29, 0.717) is 0 Å². The number of hydrogen-bond donors (Lipinski definition) is 0. The van der Waals surface area contributed by atoms with Gasteiger partial charge in [-0.3, -0.25) is 0 Å². The van der Waals surface area contributed by atoms with Crippen molar-refractivity contribution in [2.45, 2.75) is 13.1 Å². The van der Waals surface area contributed by atoms with Gasteiger partial charge in [0.2, 0.25) is 0 Å². The predicted molar refractivity (Wildman–Crippen MR) is 226 cm³/mol. The second kappa shape index (κ2) is 11.0. The van der Waals surface area contributed by atoms with Crippen molar-refractivity contribution in [1.29, 1.82) is 0 Å². The molecule has 1 aliphatic rings. The molecule has 0 bridgehead atoms. The van der Waals surface area contributed by atoms with Crippen LogP contribution >= 0.6 is 11.3 Å². The molecule has 246 valence electrons. The van der Waals surface area contributed by atoms with Gasteiger partial charge in [0.15, 0.2) is 0 Å². The van der Waals surface area contributed by atoms with E-state index in [0.717, 1.165) is 39.0 Å². The Labute approximate surface area is 306 Å². The summed E-state index contributed by atoms with van der Waals surface area (Å²) in [5, 5.41) is 10.5. The third kappa shape index (κ3) is 4.22. The van der Waals surface area contributed by atoms with Crippen molar-refractivity contribution < 1.29 is 4.42 Å². The Morgan fingerprint density at radius 1 is 0.519 bits per heavy atom. The summed E-state index contributed by atoms with van der Waals surface area (Å²) in [6.07, 6.45) is 0. The maximum atomic E-state index is 6.44. The van der Waals surface area contributed by atoms with E-state index in [9.17, 15) is 0 Å². The SMILES string of the molecule is C[Si]1(C)c2ccc(N(c3ccc(-c4cccc5ccccc45)cc3)c3cccc4oc5ccccc5c34)cc2-c2c1ccc1c2sc2ccccc21. The predicted octanol–water partition coefficient (Wildman–Crippen LogP) is 13.0. The van der Waals surface area contributed by atoms with Gasteiger partial charge in [0.25, 0.3) is 0 Å². The van der Waals surface area contributed by atoms with Crippen LogP contribution in [-0.2, 0) is 0 Å². The summed E-state index contributed by atoms with van der Waals surface area (Å²) in [4.78, 5) is 2.44. The molecule has 0 unspecified atom stereocenters. The Bertz CT molecular complexity index is 3050. The smallest absolute Gasteiger partial charge is 0.137 e. The van der Waals surface area contributed by atoms with Crippen LogP contribution in [0.15, 0.2) is 168 Å². The lowest BCUT2D eigenvalue weighted by Gasteiger charge is -2.27. The van der Waals surface area contributed by atoms with Crippen LogP contribution in [0.5, 0.6) is 0 Å². The summed E-state index contributed by atoms with van der Waals surface area (Å²) < 4.78 is 9.19. The average molecular weight is 700 g/mol. The Morgan fingerprint density at radius 2 is 1.21 bits per heavy atom. The van der Waals surface area contributed by atoms with Gasteiger partial charge in [-0.2, -0.15) is 0 Å². The maximum absolute atomic E-state index is 6.44. The van der Waals surface area contributed by atoms with Crippen LogP contribution < -0.4 is 15.3 Å². The normalized spacial score (nSPS) is 13.3. The molecule has 11 rings (SSSR count). The second-order valence-electron chi connectivity index (χ2n) is 14.5. The van der Waals surface area contributed by atoms with Crippen LogP contribution in [-0.4, -0.2) is 8.07 Å². The summed E-state index contributed by atoms with van der Waals surface area (Å²) in [5.41, 5.74) is 10.4. The van der Waals surface area contributed by atoms with Gasteiger partial charge in [-0.1, -0.05) is 128 Å². The van der Waals surface area contributed by atoms with Crippen molar-refractivity contribution in [3.8, 4) is 22.3 Å². The molecule has 8 aromatic carbocycles. The number of nitrogens with zero attached hydrogens (tertiary/aromatic N) is 1. The quantitative estimate of drug-likeness (QED) is 0.170.